The van der Waals surface area contributed by atoms with Crippen molar-refractivity contribution in [3.05, 3.63) is 56.5 Å². The highest BCUT2D eigenvalue weighted by molar-refractivity contribution is 9.10. The number of rotatable bonds is 3. The first-order valence-electron chi connectivity index (χ1n) is 7.97. The van der Waals surface area contributed by atoms with E-state index < -0.39 is 11.8 Å². The summed E-state index contributed by atoms with van der Waals surface area (Å²) in [5.74, 6) is -1.08. The molecule has 1 aliphatic heterocycles. The molecule has 1 heterocycles. The number of hydrogen-bond acceptors (Lipinski definition) is 5. The summed E-state index contributed by atoms with van der Waals surface area (Å²) in [6.07, 6.45) is 1.40. The molecule has 2 aromatic carbocycles. The Balaban J connectivity index is 2.11. The van der Waals surface area contributed by atoms with Crippen LogP contribution in [-0.2, 0) is 9.59 Å². The number of benzene rings is 2. The van der Waals surface area contributed by atoms with Crippen molar-refractivity contribution in [3.63, 3.8) is 0 Å². The zero-order valence-electron chi connectivity index (χ0n) is 14.7. The van der Waals surface area contributed by atoms with Gasteiger partial charge in [0.25, 0.3) is 11.8 Å². The number of nitrogens with one attached hydrogen (secondary N) is 1. The van der Waals surface area contributed by atoms with Crippen molar-refractivity contribution in [3.8, 4) is 11.5 Å². The molecule has 2 aromatic rings. The first-order chi connectivity index (χ1) is 13.2. The van der Waals surface area contributed by atoms with E-state index in [2.05, 4.69) is 21.2 Å². The largest absolute Gasteiger partial charge is 0.504 e. The average molecular weight is 482 g/mol. The molecule has 0 saturated carbocycles. The number of carbonyl (C=O) groups excluding carboxylic acids is 2. The third-order valence-corrected chi connectivity index (χ3v) is 5.56. The Morgan fingerprint density at radius 2 is 2.04 bits per heavy atom. The van der Waals surface area contributed by atoms with Gasteiger partial charge in [0.15, 0.2) is 16.6 Å². The van der Waals surface area contributed by atoms with E-state index >= 15 is 0 Å². The van der Waals surface area contributed by atoms with Gasteiger partial charge in [-0.15, -0.1) is 0 Å². The topological polar surface area (TPSA) is 78.9 Å². The van der Waals surface area contributed by atoms with E-state index in [1.54, 1.807) is 25.1 Å². The Morgan fingerprint density at radius 1 is 1.32 bits per heavy atom. The summed E-state index contributed by atoms with van der Waals surface area (Å²) in [5.41, 5.74) is 1.49. The van der Waals surface area contributed by atoms with Gasteiger partial charge in [-0.2, -0.15) is 0 Å². The predicted octanol–water partition coefficient (Wildman–Crippen LogP) is 3.96. The average Bonchev–Trinajstić information content (AvgIpc) is 2.63. The number of halogens is 2. The maximum Gasteiger partial charge on any atom is 0.270 e. The summed E-state index contributed by atoms with van der Waals surface area (Å²) in [6, 6.07) is 8.02. The lowest BCUT2D eigenvalue weighted by Gasteiger charge is -2.30. The summed E-state index contributed by atoms with van der Waals surface area (Å²) < 4.78 is 5.57. The van der Waals surface area contributed by atoms with E-state index in [-0.39, 0.29) is 22.2 Å². The molecule has 0 radical (unpaired) electrons. The SMILES string of the molecule is COc1cc(/C=C2\C(=O)NC(=S)N(c3cccc(Cl)c3C)C2=O)c(Br)cc1O. The van der Waals surface area contributed by atoms with Gasteiger partial charge >= 0.3 is 0 Å². The van der Waals surface area contributed by atoms with Crippen LogP contribution in [0.15, 0.2) is 40.4 Å². The molecule has 0 atom stereocenters. The van der Waals surface area contributed by atoms with Crippen LogP contribution in [0.4, 0.5) is 5.69 Å². The van der Waals surface area contributed by atoms with Gasteiger partial charge in [0.05, 0.1) is 12.8 Å². The molecule has 1 fully saturated rings. The first-order valence-corrected chi connectivity index (χ1v) is 9.55. The van der Waals surface area contributed by atoms with Crippen LogP contribution in [0.3, 0.4) is 0 Å². The van der Waals surface area contributed by atoms with Crippen LogP contribution in [0.1, 0.15) is 11.1 Å². The quantitative estimate of drug-likeness (QED) is 0.394. The van der Waals surface area contributed by atoms with E-state index in [9.17, 15) is 14.7 Å². The second kappa shape index (κ2) is 7.90. The van der Waals surface area contributed by atoms with E-state index in [4.69, 9.17) is 28.6 Å². The van der Waals surface area contributed by atoms with Gasteiger partial charge < -0.3 is 9.84 Å². The number of aromatic hydroxyl groups is 1. The third kappa shape index (κ3) is 3.63. The number of hydrogen-bond donors (Lipinski definition) is 2. The zero-order chi connectivity index (χ0) is 20.6. The van der Waals surface area contributed by atoms with Crippen molar-refractivity contribution < 1.29 is 19.4 Å². The fourth-order valence-electron chi connectivity index (χ4n) is 2.70. The van der Waals surface area contributed by atoms with Gasteiger partial charge in [0, 0.05) is 9.50 Å². The zero-order valence-corrected chi connectivity index (χ0v) is 17.9. The summed E-state index contributed by atoms with van der Waals surface area (Å²) in [7, 11) is 1.40. The standard InChI is InChI=1S/C19H14BrClN2O4S/c1-9-13(21)4-3-5-14(9)23-18(26)11(17(25)22-19(23)28)6-10-7-16(27-2)15(24)8-12(10)20/h3-8,24H,1-2H3,(H,22,25,28)/b11-6+. The Kier molecular flexibility index (Phi) is 5.74. The number of phenols is 1. The van der Waals surface area contributed by atoms with Gasteiger partial charge in [0.1, 0.15) is 5.57 Å². The van der Waals surface area contributed by atoms with Crippen LogP contribution in [0.25, 0.3) is 6.08 Å². The highest BCUT2D eigenvalue weighted by Crippen LogP contribution is 2.34. The molecule has 0 spiro atoms. The first kappa shape index (κ1) is 20.3. The van der Waals surface area contributed by atoms with Crippen molar-refractivity contribution in [2.45, 2.75) is 6.92 Å². The van der Waals surface area contributed by atoms with Gasteiger partial charge in [-0.25, -0.2) is 0 Å². The van der Waals surface area contributed by atoms with Crippen LogP contribution in [0, 0.1) is 6.92 Å². The maximum absolute atomic E-state index is 13.1. The summed E-state index contributed by atoms with van der Waals surface area (Å²) in [6.45, 7) is 1.76. The number of carbonyl (C=O) groups is 2. The molecule has 144 valence electrons. The van der Waals surface area contributed by atoms with Gasteiger partial charge in [0.2, 0.25) is 0 Å². The van der Waals surface area contributed by atoms with Crippen LogP contribution in [-0.4, -0.2) is 29.1 Å². The Morgan fingerprint density at radius 3 is 2.71 bits per heavy atom. The Hall–Kier alpha value is -2.42. The molecule has 28 heavy (non-hydrogen) atoms. The summed E-state index contributed by atoms with van der Waals surface area (Å²) in [5, 5.41) is 12.8. The normalized spacial score (nSPS) is 15.8. The lowest BCUT2D eigenvalue weighted by atomic mass is 10.1. The number of nitrogens with zero attached hydrogens (tertiary/aromatic N) is 1. The number of phenolic OH excluding ortho intramolecular Hbond substituents is 1. The number of ether oxygens (including phenoxy) is 1. The number of anilines is 1. The van der Waals surface area contributed by atoms with Crippen molar-refractivity contribution >= 4 is 68.4 Å². The maximum atomic E-state index is 13.1. The second-order valence-electron chi connectivity index (χ2n) is 5.89. The molecule has 6 nitrogen and oxygen atoms in total. The molecular weight excluding hydrogens is 468 g/mol. The number of amides is 2. The van der Waals surface area contributed by atoms with E-state index in [1.165, 1.54) is 30.2 Å². The van der Waals surface area contributed by atoms with Crippen molar-refractivity contribution in [1.82, 2.24) is 5.32 Å². The van der Waals surface area contributed by atoms with Gasteiger partial charge in [-0.1, -0.05) is 33.6 Å². The molecule has 0 unspecified atom stereocenters. The van der Waals surface area contributed by atoms with Gasteiger partial charge in [-0.3, -0.25) is 19.8 Å². The van der Waals surface area contributed by atoms with Gasteiger partial charge in [-0.05, 0) is 60.6 Å². The van der Waals surface area contributed by atoms with Crippen LogP contribution in [0.2, 0.25) is 5.02 Å². The molecule has 0 aliphatic carbocycles. The minimum absolute atomic E-state index is 0.0279. The molecule has 3 rings (SSSR count). The minimum Gasteiger partial charge on any atom is -0.504 e. The molecule has 2 amide bonds. The van der Waals surface area contributed by atoms with E-state index in [0.29, 0.717) is 26.3 Å². The fourth-order valence-corrected chi connectivity index (χ4v) is 3.59. The monoisotopic (exact) mass is 480 g/mol. The van der Waals surface area contributed by atoms with E-state index in [1.807, 2.05) is 0 Å². The number of methoxy groups -OCH3 is 1. The molecule has 0 bridgehead atoms. The molecule has 0 aromatic heterocycles. The summed E-state index contributed by atoms with van der Waals surface area (Å²) >= 11 is 14.7. The smallest absolute Gasteiger partial charge is 0.270 e. The second-order valence-corrected chi connectivity index (χ2v) is 7.54. The minimum atomic E-state index is -0.620. The molecule has 1 saturated heterocycles. The van der Waals surface area contributed by atoms with Crippen LogP contribution in [0.5, 0.6) is 11.5 Å². The van der Waals surface area contributed by atoms with Crippen molar-refractivity contribution in [2.24, 2.45) is 0 Å². The number of thiocarbonyl (C=S) groups is 1. The lowest BCUT2D eigenvalue weighted by Crippen LogP contribution is -2.54. The fraction of sp³-hybridized carbons (Fsp3) is 0.105. The van der Waals surface area contributed by atoms with E-state index in [0.717, 1.165) is 0 Å². The van der Waals surface area contributed by atoms with Crippen molar-refractivity contribution in [1.29, 1.82) is 0 Å². The lowest BCUT2D eigenvalue weighted by molar-refractivity contribution is -0.122. The molecule has 1 aliphatic rings. The van der Waals surface area contributed by atoms with Crippen LogP contribution >= 0.6 is 39.7 Å². The molecular formula is C19H14BrClN2O4S. The highest BCUT2D eigenvalue weighted by atomic mass is 79.9. The Labute approximate surface area is 179 Å². The highest BCUT2D eigenvalue weighted by Gasteiger charge is 2.35. The predicted molar refractivity (Wildman–Crippen MR) is 115 cm³/mol. The summed E-state index contributed by atoms with van der Waals surface area (Å²) in [4.78, 5) is 26.8. The van der Waals surface area contributed by atoms with Crippen LogP contribution < -0.4 is 15.0 Å². The van der Waals surface area contributed by atoms with Crippen molar-refractivity contribution in [2.75, 3.05) is 12.0 Å². The molecule has 9 heteroatoms. The third-order valence-electron chi connectivity index (χ3n) is 4.18. The molecule has 2 N–H and O–H groups in total. The Bertz CT molecular complexity index is 1050.